The lowest BCUT2D eigenvalue weighted by Gasteiger charge is -2.44. The normalized spacial score (nSPS) is 32.4. The second kappa shape index (κ2) is 9.64. The van der Waals surface area contributed by atoms with E-state index in [1.54, 1.807) is 16.7 Å². The van der Waals surface area contributed by atoms with Gasteiger partial charge in [0.1, 0.15) is 0 Å². The maximum absolute atomic E-state index is 4.06. The Labute approximate surface area is 174 Å². The second-order valence-corrected chi connectivity index (χ2v) is 10.3. The number of allylic oxidation sites excluding steroid dienone is 1. The summed E-state index contributed by atoms with van der Waals surface area (Å²) in [6.07, 6.45) is 22.0. The van der Waals surface area contributed by atoms with E-state index in [9.17, 15) is 0 Å². The zero-order valence-corrected chi connectivity index (χ0v) is 18.3. The van der Waals surface area contributed by atoms with Crippen LogP contribution in [0.1, 0.15) is 94.2 Å². The Morgan fingerprint density at radius 1 is 0.857 bits per heavy atom. The molecule has 0 spiro atoms. The average molecular weight is 379 g/mol. The molecule has 0 heteroatoms. The van der Waals surface area contributed by atoms with Crippen LogP contribution in [0, 0.1) is 29.6 Å². The molecule has 0 saturated heterocycles. The smallest absolute Gasteiger partial charge is 0.0233 e. The highest BCUT2D eigenvalue weighted by atomic mass is 14.4. The number of aryl methyl sites for hydroxylation is 2. The van der Waals surface area contributed by atoms with Gasteiger partial charge >= 0.3 is 0 Å². The van der Waals surface area contributed by atoms with E-state index in [1.807, 2.05) is 0 Å². The lowest BCUT2D eigenvalue weighted by molar-refractivity contribution is 0.0811. The molecule has 2 saturated carbocycles. The third-order valence-electron chi connectivity index (χ3n) is 8.55. The predicted molar refractivity (Wildman–Crippen MR) is 122 cm³/mol. The summed E-state index contributed by atoms with van der Waals surface area (Å²) in [6.45, 7) is 6.36. The molecule has 0 aliphatic heterocycles. The molecule has 28 heavy (non-hydrogen) atoms. The van der Waals surface area contributed by atoms with Crippen LogP contribution in [-0.4, -0.2) is 0 Å². The fourth-order valence-electron chi connectivity index (χ4n) is 6.75. The third kappa shape index (κ3) is 4.74. The first-order chi connectivity index (χ1) is 13.8. The molecule has 0 aromatic heterocycles. The van der Waals surface area contributed by atoms with Gasteiger partial charge in [0.15, 0.2) is 0 Å². The van der Waals surface area contributed by atoms with Gasteiger partial charge in [0.2, 0.25) is 0 Å². The van der Waals surface area contributed by atoms with Crippen molar-refractivity contribution in [3.05, 3.63) is 47.5 Å². The van der Waals surface area contributed by atoms with Gasteiger partial charge in [-0.1, -0.05) is 50.5 Å². The zero-order chi connectivity index (χ0) is 19.3. The fourth-order valence-corrected chi connectivity index (χ4v) is 6.75. The third-order valence-corrected chi connectivity index (χ3v) is 8.55. The van der Waals surface area contributed by atoms with Crippen LogP contribution in [0.4, 0.5) is 0 Å². The molecule has 1 aromatic rings. The maximum Gasteiger partial charge on any atom is -0.0233 e. The summed E-state index contributed by atoms with van der Waals surface area (Å²) in [5.74, 6) is 4.82. The summed E-state index contributed by atoms with van der Waals surface area (Å²) in [4.78, 5) is 0. The van der Waals surface area contributed by atoms with Crippen LogP contribution in [0.25, 0.3) is 0 Å². The van der Waals surface area contributed by atoms with Gasteiger partial charge in [-0.05, 0) is 117 Å². The molecule has 0 bridgehead atoms. The first-order valence-corrected chi connectivity index (χ1v) is 12.5. The predicted octanol–water partition coefficient (Wildman–Crippen LogP) is 7.93. The Kier molecular flexibility index (Phi) is 6.97. The van der Waals surface area contributed by atoms with E-state index in [0.717, 1.165) is 29.6 Å². The molecule has 1 aromatic carbocycles. The number of benzene rings is 1. The summed E-state index contributed by atoms with van der Waals surface area (Å²) >= 11 is 0. The Bertz CT molecular complexity index is 641. The van der Waals surface area contributed by atoms with E-state index < -0.39 is 0 Å². The van der Waals surface area contributed by atoms with Crippen LogP contribution in [0.5, 0.6) is 0 Å². The molecule has 154 valence electrons. The largest absolute Gasteiger partial charge is 0.103 e. The molecule has 0 N–H and O–H groups in total. The fraction of sp³-hybridized carbons (Fsp3) is 0.714. The molecular formula is C28H42. The summed E-state index contributed by atoms with van der Waals surface area (Å²) in [5.41, 5.74) is 4.96. The molecule has 3 aliphatic carbocycles. The van der Waals surface area contributed by atoms with Crippen molar-refractivity contribution >= 4 is 0 Å². The van der Waals surface area contributed by atoms with Gasteiger partial charge in [0, 0.05) is 0 Å². The molecule has 0 heterocycles. The van der Waals surface area contributed by atoms with Crippen molar-refractivity contribution in [2.45, 2.75) is 96.8 Å². The summed E-state index contributed by atoms with van der Waals surface area (Å²) < 4.78 is 0. The number of fused-ring (bicyclic) bond motifs is 2. The summed E-state index contributed by atoms with van der Waals surface area (Å²) in [6, 6.07) is 7.50. The van der Waals surface area contributed by atoms with E-state index in [2.05, 4.69) is 37.8 Å². The Morgan fingerprint density at radius 2 is 1.64 bits per heavy atom. The van der Waals surface area contributed by atoms with Crippen molar-refractivity contribution in [2.24, 2.45) is 29.6 Å². The van der Waals surface area contributed by atoms with E-state index in [4.69, 9.17) is 0 Å². The van der Waals surface area contributed by atoms with Gasteiger partial charge in [-0.2, -0.15) is 0 Å². The molecule has 0 amide bonds. The lowest BCUT2D eigenvalue weighted by atomic mass is 9.61. The molecule has 2 fully saturated rings. The van der Waals surface area contributed by atoms with Crippen LogP contribution in [0.2, 0.25) is 0 Å². The van der Waals surface area contributed by atoms with Crippen molar-refractivity contribution in [1.82, 2.24) is 0 Å². The maximum atomic E-state index is 4.06. The van der Waals surface area contributed by atoms with Gasteiger partial charge < -0.3 is 0 Å². The SMILES string of the molecule is C=CC1CCC2CC(C3CCc4cc(CCCCCC)ccc4C3)CCC2C1. The van der Waals surface area contributed by atoms with E-state index in [-0.39, 0.29) is 0 Å². The number of hydrogen-bond donors (Lipinski definition) is 0. The van der Waals surface area contributed by atoms with Gasteiger partial charge in [0.25, 0.3) is 0 Å². The highest BCUT2D eigenvalue weighted by Crippen LogP contribution is 2.48. The van der Waals surface area contributed by atoms with Crippen molar-refractivity contribution in [2.75, 3.05) is 0 Å². The zero-order valence-electron chi connectivity index (χ0n) is 18.3. The Balaban J connectivity index is 1.31. The van der Waals surface area contributed by atoms with Gasteiger partial charge in [0.05, 0.1) is 0 Å². The van der Waals surface area contributed by atoms with E-state index in [1.165, 1.54) is 89.9 Å². The number of unbranched alkanes of at least 4 members (excludes halogenated alkanes) is 3. The Morgan fingerprint density at radius 3 is 2.46 bits per heavy atom. The number of rotatable bonds is 7. The first kappa shape index (κ1) is 20.2. The van der Waals surface area contributed by atoms with Crippen LogP contribution < -0.4 is 0 Å². The van der Waals surface area contributed by atoms with E-state index >= 15 is 0 Å². The monoisotopic (exact) mass is 378 g/mol. The molecule has 4 rings (SSSR count). The molecule has 5 atom stereocenters. The Hall–Kier alpha value is -1.04. The lowest BCUT2D eigenvalue weighted by Crippen LogP contribution is -2.34. The minimum Gasteiger partial charge on any atom is -0.103 e. The van der Waals surface area contributed by atoms with Crippen molar-refractivity contribution < 1.29 is 0 Å². The van der Waals surface area contributed by atoms with Gasteiger partial charge in [-0.3, -0.25) is 0 Å². The van der Waals surface area contributed by atoms with E-state index in [0.29, 0.717) is 0 Å². The van der Waals surface area contributed by atoms with Crippen LogP contribution in [0.15, 0.2) is 30.9 Å². The molecule has 5 unspecified atom stereocenters. The topological polar surface area (TPSA) is 0 Å². The minimum atomic E-state index is 0.815. The second-order valence-electron chi connectivity index (χ2n) is 10.3. The van der Waals surface area contributed by atoms with Crippen molar-refractivity contribution in [3.8, 4) is 0 Å². The number of hydrogen-bond acceptors (Lipinski definition) is 0. The molecule has 0 nitrogen and oxygen atoms in total. The van der Waals surface area contributed by atoms with Gasteiger partial charge in [-0.15, -0.1) is 6.58 Å². The summed E-state index contributed by atoms with van der Waals surface area (Å²) in [5, 5.41) is 0. The minimum absolute atomic E-state index is 0.815. The molecule has 3 aliphatic rings. The standard InChI is InChI=1S/C28H42/c1-3-5-6-7-8-22-10-12-26-20-28(16-14-24(26)18-22)27-15-13-23-17-21(4-2)9-11-25(23)19-27/h4,10,12,18,21,23,25,27-28H,2-3,5-9,11,13-17,19-20H2,1H3. The quantitative estimate of drug-likeness (QED) is 0.334. The first-order valence-electron chi connectivity index (χ1n) is 12.5. The molecule has 0 radical (unpaired) electrons. The van der Waals surface area contributed by atoms with Crippen LogP contribution >= 0.6 is 0 Å². The summed E-state index contributed by atoms with van der Waals surface area (Å²) in [7, 11) is 0. The molecular weight excluding hydrogens is 336 g/mol. The van der Waals surface area contributed by atoms with Crippen molar-refractivity contribution in [3.63, 3.8) is 0 Å². The van der Waals surface area contributed by atoms with Gasteiger partial charge in [-0.25, -0.2) is 0 Å². The van der Waals surface area contributed by atoms with Crippen LogP contribution in [0.3, 0.4) is 0 Å². The highest BCUT2D eigenvalue weighted by molar-refractivity contribution is 5.34. The van der Waals surface area contributed by atoms with Crippen molar-refractivity contribution in [1.29, 1.82) is 0 Å². The highest BCUT2D eigenvalue weighted by Gasteiger charge is 2.38. The van der Waals surface area contributed by atoms with Crippen LogP contribution in [-0.2, 0) is 19.3 Å². The average Bonchev–Trinajstić information content (AvgIpc) is 2.75.